The van der Waals surface area contributed by atoms with E-state index in [1.165, 1.54) is 13.1 Å². The molecule has 0 aromatic rings. The average molecular weight is 158 g/mol. The zero-order chi connectivity index (χ0) is 8.15. The highest BCUT2D eigenvalue weighted by molar-refractivity contribution is 6.52. The van der Waals surface area contributed by atoms with Gasteiger partial charge in [-0.25, -0.2) is 0 Å². The van der Waals surface area contributed by atoms with Gasteiger partial charge in [-0.05, 0) is 27.7 Å². The summed E-state index contributed by atoms with van der Waals surface area (Å²) >= 11 is -0.517. The van der Waals surface area contributed by atoms with Gasteiger partial charge in [-0.3, -0.25) is 0 Å². The van der Waals surface area contributed by atoms with Crippen molar-refractivity contribution in [3.63, 3.8) is 0 Å². The zero-order valence-corrected chi connectivity index (χ0v) is 9.04. The standard InChI is InChI=1S/C5H13N2.2CH3.Al/c1-6-4-5-7(2)3;;;/h4-5H2,1-3H3;2*1H3;/q-1;;;+1. The second-order valence-corrected chi connectivity index (χ2v) is 6.45. The molecule has 0 saturated carbocycles. The summed E-state index contributed by atoms with van der Waals surface area (Å²) in [7, 11) is 6.46. The van der Waals surface area contributed by atoms with Gasteiger partial charge in [-0.15, -0.1) is 0 Å². The van der Waals surface area contributed by atoms with E-state index >= 15 is 0 Å². The summed E-state index contributed by atoms with van der Waals surface area (Å²) in [5, 5.41) is 0. The smallest absolute Gasteiger partial charge is 0.365 e. The summed E-state index contributed by atoms with van der Waals surface area (Å²) in [5.41, 5.74) is 0. The van der Waals surface area contributed by atoms with Crippen LogP contribution in [-0.2, 0) is 0 Å². The number of likely N-dealkylation sites (N-methyl/N-ethyl adjacent to an activating group) is 2. The highest BCUT2D eigenvalue weighted by atomic mass is 27.2. The van der Waals surface area contributed by atoms with Crippen molar-refractivity contribution in [3.05, 3.63) is 0 Å². The highest BCUT2D eigenvalue weighted by Gasteiger charge is 2.08. The Morgan fingerprint density at radius 1 is 1.00 bits per heavy atom. The minimum atomic E-state index is -0.517. The molecule has 0 aromatic carbocycles. The lowest BCUT2D eigenvalue weighted by Crippen LogP contribution is -2.36. The van der Waals surface area contributed by atoms with Crippen LogP contribution >= 0.6 is 0 Å². The van der Waals surface area contributed by atoms with Gasteiger partial charge in [0, 0.05) is 6.54 Å². The van der Waals surface area contributed by atoms with E-state index in [1.807, 2.05) is 0 Å². The molecule has 0 aliphatic heterocycles. The van der Waals surface area contributed by atoms with E-state index in [9.17, 15) is 0 Å². The van der Waals surface area contributed by atoms with Crippen LogP contribution in [-0.4, -0.2) is 57.4 Å². The Bertz CT molecular complexity index is 83.7. The van der Waals surface area contributed by atoms with Crippen molar-refractivity contribution in [2.75, 3.05) is 34.2 Å². The molecule has 0 atom stereocenters. The monoisotopic (exact) mass is 158 g/mol. The van der Waals surface area contributed by atoms with E-state index in [0.29, 0.717) is 0 Å². The molecule has 0 amide bonds. The Morgan fingerprint density at radius 2 is 1.50 bits per heavy atom. The number of hydrogen-bond donors (Lipinski definition) is 0. The molecule has 0 saturated heterocycles. The first-order valence-electron chi connectivity index (χ1n) is 3.89. The van der Waals surface area contributed by atoms with Gasteiger partial charge in [0.05, 0.1) is 0 Å². The van der Waals surface area contributed by atoms with Gasteiger partial charge < -0.3 is 8.78 Å². The van der Waals surface area contributed by atoms with Crippen LogP contribution in [0.3, 0.4) is 0 Å². The maximum atomic E-state index is 2.49. The van der Waals surface area contributed by atoms with E-state index in [0.717, 1.165) is 0 Å². The van der Waals surface area contributed by atoms with E-state index in [2.05, 4.69) is 41.5 Å². The summed E-state index contributed by atoms with van der Waals surface area (Å²) in [5.74, 6) is 4.71. The Morgan fingerprint density at radius 3 is 1.80 bits per heavy atom. The Labute approximate surface area is 69.4 Å². The van der Waals surface area contributed by atoms with Gasteiger partial charge in [0.1, 0.15) is 0 Å². The van der Waals surface area contributed by atoms with Gasteiger partial charge in [0.2, 0.25) is 0 Å². The molecule has 0 aromatic heterocycles. The first kappa shape index (κ1) is 10.5. The third-order valence-electron chi connectivity index (χ3n) is 1.78. The molecule has 0 fully saturated rings. The topological polar surface area (TPSA) is 6.48 Å². The lowest BCUT2D eigenvalue weighted by molar-refractivity contribution is 0.362. The quantitative estimate of drug-likeness (QED) is 0.556. The summed E-state index contributed by atoms with van der Waals surface area (Å²) in [4.78, 5) is 2.23. The Hall–Kier alpha value is 0.452. The molecule has 0 aliphatic rings. The molecule has 3 heteroatoms. The van der Waals surface area contributed by atoms with Crippen LogP contribution in [0.2, 0.25) is 11.6 Å². The fraction of sp³-hybridized carbons (Fsp3) is 1.00. The van der Waals surface area contributed by atoms with Gasteiger partial charge >= 0.3 is 14.4 Å². The van der Waals surface area contributed by atoms with Crippen LogP contribution in [0.25, 0.3) is 0 Å². The van der Waals surface area contributed by atoms with Crippen molar-refractivity contribution in [2.45, 2.75) is 11.6 Å². The van der Waals surface area contributed by atoms with E-state index in [-0.39, 0.29) is 0 Å². The molecule has 0 rings (SSSR count). The molecule has 60 valence electrons. The van der Waals surface area contributed by atoms with Gasteiger partial charge in [0.25, 0.3) is 0 Å². The summed E-state index contributed by atoms with van der Waals surface area (Å²) < 4.78 is 2.49. The molecule has 0 unspecified atom stereocenters. The molecule has 0 N–H and O–H groups in total. The van der Waals surface area contributed by atoms with Gasteiger partial charge in [-0.2, -0.15) is 0 Å². The summed E-state index contributed by atoms with van der Waals surface area (Å²) in [6.07, 6.45) is 0. The molecule has 2 nitrogen and oxygen atoms in total. The predicted octanol–water partition coefficient (Wildman–Crippen LogP) is 0.731. The van der Waals surface area contributed by atoms with Crippen LogP contribution in [0.5, 0.6) is 0 Å². The fourth-order valence-electron chi connectivity index (χ4n) is 0.616. The number of nitrogens with zero attached hydrogens (tertiary/aromatic N) is 2. The third kappa shape index (κ3) is 5.25. The van der Waals surface area contributed by atoms with E-state index < -0.39 is 14.4 Å². The minimum Gasteiger partial charge on any atom is -0.386 e. The SMILES string of the molecule is CN(C)CC[N](C)[Al]([CH3])[CH3]. The second kappa shape index (κ2) is 5.15. The third-order valence-corrected chi connectivity index (χ3v) is 3.80. The van der Waals surface area contributed by atoms with Crippen molar-refractivity contribution in [1.29, 1.82) is 0 Å². The van der Waals surface area contributed by atoms with Crippen molar-refractivity contribution in [1.82, 2.24) is 8.78 Å². The summed E-state index contributed by atoms with van der Waals surface area (Å²) in [6, 6.07) is 0. The van der Waals surface area contributed by atoms with Crippen LogP contribution < -0.4 is 0 Å². The normalized spacial score (nSPS) is 11.1. The fourth-order valence-corrected chi connectivity index (χ4v) is 1.25. The molecule has 0 bridgehead atoms. The lowest BCUT2D eigenvalue weighted by Gasteiger charge is -2.20. The first-order chi connectivity index (χ1) is 4.54. The van der Waals surface area contributed by atoms with Crippen molar-refractivity contribution in [2.24, 2.45) is 0 Å². The molecule has 0 heterocycles. The minimum absolute atomic E-state index is 0.517. The second-order valence-electron chi connectivity index (χ2n) is 3.38. The largest absolute Gasteiger partial charge is 0.386 e. The van der Waals surface area contributed by atoms with Crippen LogP contribution in [0, 0.1) is 0 Å². The summed E-state index contributed by atoms with van der Waals surface area (Å²) in [6.45, 7) is 2.40. The Kier molecular flexibility index (Phi) is 5.38. The molecule has 0 aliphatic carbocycles. The van der Waals surface area contributed by atoms with Gasteiger partial charge in [-0.1, -0.05) is 11.6 Å². The molecule has 10 heavy (non-hydrogen) atoms. The van der Waals surface area contributed by atoms with Crippen molar-refractivity contribution in [3.8, 4) is 0 Å². The van der Waals surface area contributed by atoms with Crippen LogP contribution in [0.1, 0.15) is 0 Å². The maximum Gasteiger partial charge on any atom is 0.365 e. The number of rotatable bonds is 4. The molecular weight excluding hydrogens is 139 g/mol. The molecule has 0 radical (unpaired) electrons. The molecule has 0 spiro atoms. The predicted molar refractivity (Wildman–Crippen MR) is 48.7 cm³/mol. The van der Waals surface area contributed by atoms with Crippen LogP contribution in [0.4, 0.5) is 0 Å². The van der Waals surface area contributed by atoms with Crippen molar-refractivity contribution < 1.29 is 0 Å². The number of hydrogen-bond acceptors (Lipinski definition) is 2. The van der Waals surface area contributed by atoms with Crippen molar-refractivity contribution >= 4 is 14.4 Å². The maximum absolute atomic E-state index is 2.49. The van der Waals surface area contributed by atoms with Crippen LogP contribution in [0.15, 0.2) is 0 Å². The first-order valence-corrected chi connectivity index (χ1v) is 6.71. The molecular formula is C7H19AlN2. The van der Waals surface area contributed by atoms with Gasteiger partial charge in [0.15, 0.2) is 0 Å². The van der Waals surface area contributed by atoms with E-state index in [4.69, 9.17) is 0 Å². The van der Waals surface area contributed by atoms with E-state index in [1.54, 1.807) is 0 Å². The average Bonchev–Trinajstić information content (AvgIpc) is 1.82. The highest BCUT2D eigenvalue weighted by Crippen LogP contribution is 1.88. The lowest BCUT2D eigenvalue weighted by atomic mass is 10.6. The Balaban J connectivity index is 3.30. The zero-order valence-electron chi connectivity index (χ0n) is 7.89.